The Labute approximate surface area is 99.1 Å². The molecule has 0 aliphatic carbocycles. The lowest BCUT2D eigenvalue weighted by Gasteiger charge is -2.13. The lowest BCUT2D eigenvalue weighted by molar-refractivity contribution is 0.211. The van der Waals surface area contributed by atoms with Crippen LogP contribution in [0.4, 0.5) is 4.39 Å². The van der Waals surface area contributed by atoms with Crippen LogP contribution in [0.5, 0.6) is 5.75 Å². The molecule has 0 spiro atoms. The first-order valence-corrected chi connectivity index (χ1v) is 5.26. The molecule has 17 heavy (non-hydrogen) atoms. The van der Waals surface area contributed by atoms with Crippen molar-refractivity contribution in [2.45, 2.75) is 6.10 Å². The van der Waals surface area contributed by atoms with Gasteiger partial charge in [-0.2, -0.15) is 0 Å². The number of halogens is 1. The summed E-state index contributed by atoms with van der Waals surface area (Å²) in [6.45, 7) is 0. The van der Waals surface area contributed by atoms with Crippen molar-refractivity contribution in [2.75, 3.05) is 7.11 Å². The zero-order valence-electron chi connectivity index (χ0n) is 9.72. The van der Waals surface area contributed by atoms with E-state index in [0.29, 0.717) is 5.56 Å². The Morgan fingerprint density at radius 3 is 2.65 bits per heavy atom. The number of hydrogen-bond donors (Lipinski definition) is 1. The molecule has 90 valence electrons. The lowest BCUT2D eigenvalue weighted by Crippen LogP contribution is -2.05. The Hall–Kier alpha value is -1.81. The highest BCUT2D eigenvalue weighted by atomic mass is 19.1. The number of rotatable bonds is 3. The normalized spacial score (nSPS) is 12.5. The topological polar surface area (TPSA) is 34.4 Å². The minimum Gasteiger partial charge on any atom is -0.494 e. The zero-order chi connectivity index (χ0) is 12.4. The predicted molar refractivity (Wildman–Crippen MR) is 62.4 cm³/mol. The SMILES string of the molecule is COc1ccc([C@@H](O)c2cccn2C)cc1F. The van der Waals surface area contributed by atoms with Crippen molar-refractivity contribution < 1.29 is 14.2 Å². The van der Waals surface area contributed by atoms with E-state index < -0.39 is 11.9 Å². The Kier molecular flexibility index (Phi) is 3.15. The Balaban J connectivity index is 2.35. The third-order valence-electron chi connectivity index (χ3n) is 2.76. The third kappa shape index (κ3) is 2.17. The number of benzene rings is 1. The highest BCUT2D eigenvalue weighted by Crippen LogP contribution is 2.26. The van der Waals surface area contributed by atoms with Gasteiger partial charge in [-0.25, -0.2) is 4.39 Å². The molecule has 1 aromatic heterocycles. The third-order valence-corrected chi connectivity index (χ3v) is 2.76. The number of aliphatic hydroxyl groups is 1. The summed E-state index contributed by atoms with van der Waals surface area (Å²) in [6.07, 6.45) is 0.994. The van der Waals surface area contributed by atoms with Crippen LogP contribution in [0.25, 0.3) is 0 Å². The summed E-state index contributed by atoms with van der Waals surface area (Å²) in [5.41, 5.74) is 1.22. The number of ether oxygens (including phenoxy) is 1. The van der Waals surface area contributed by atoms with Gasteiger partial charge in [0.1, 0.15) is 6.10 Å². The molecule has 0 aliphatic heterocycles. The van der Waals surface area contributed by atoms with E-state index in [2.05, 4.69) is 0 Å². The van der Waals surface area contributed by atoms with E-state index >= 15 is 0 Å². The molecule has 0 radical (unpaired) electrons. The molecule has 1 atom stereocenters. The molecule has 0 amide bonds. The van der Waals surface area contributed by atoms with Gasteiger partial charge in [0.25, 0.3) is 0 Å². The van der Waals surface area contributed by atoms with Crippen LogP contribution >= 0.6 is 0 Å². The van der Waals surface area contributed by atoms with E-state index in [0.717, 1.165) is 5.69 Å². The van der Waals surface area contributed by atoms with E-state index in [1.807, 2.05) is 19.3 Å². The number of nitrogens with zero attached hydrogens (tertiary/aromatic N) is 1. The van der Waals surface area contributed by atoms with Gasteiger partial charge in [-0.15, -0.1) is 0 Å². The van der Waals surface area contributed by atoms with Gasteiger partial charge in [0.2, 0.25) is 0 Å². The molecule has 0 saturated heterocycles. The first-order chi connectivity index (χ1) is 8.13. The van der Waals surface area contributed by atoms with E-state index in [1.165, 1.54) is 19.2 Å². The van der Waals surface area contributed by atoms with Crippen molar-refractivity contribution in [1.29, 1.82) is 0 Å². The smallest absolute Gasteiger partial charge is 0.165 e. The average molecular weight is 235 g/mol. The summed E-state index contributed by atoms with van der Waals surface area (Å²) in [7, 11) is 3.24. The second kappa shape index (κ2) is 4.59. The van der Waals surface area contributed by atoms with Crippen molar-refractivity contribution in [3.63, 3.8) is 0 Å². The highest BCUT2D eigenvalue weighted by molar-refractivity contribution is 5.33. The van der Waals surface area contributed by atoms with E-state index in [1.54, 1.807) is 16.7 Å². The molecule has 0 fully saturated rings. The Bertz CT molecular complexity index is 522. The molecule has 0 bridgehead atoms. The van der Waals surface area contributed by atoms with Crippen LogP contribution in [0.15, 0.2) is 36.5 Å². The summed E-state index contributed by atoms with van der Waals surface area (Å²) < 4.78 is 20.1. The van der Waals surface area contributed by atoms with Crippen LogP contribution in [0.2, 0.25) is 0 Å². The van der Waals surface area contributed by atoms with Crippen molar-refractivity contribution >= 4 is 0 Å². The molecule has 0 unspecified atom stereocenters. The molecule has 3 nitrogen and oxygen atoms in total. The standard InChI is InChI=1S/C13H14FNO2/c1-15-7-3-4-11(15)13(16)9-5-6-12(17-2)10(14)8-9/h3-8,13,16H,1-2H3/t13-/m1/s1. The molecular weight excluding hydrogens is 221 g/mol. The number of hydrogen-bond acceptors (Lipinski definition) is 2. The van der Waals surface area contributed by atoms with Crippen LogP contribution in [0.3, 0.4) is 0 Å². The molecule has 2 aromatic rings. The van der Waals surface area contributed by atoms with Crippen LogP contribution in [-0.2, 0) is 7.05 Å². The molecule has 1 aromatic carbocycles. The summed E-state index contributed by atoms with van der Waals surface area (Å²) in [5, 5.41) is 10.1. The number of aryl methyl sites for hydroxylation is 1. The molecule has 1 N–H and O–H groups in total. The number of aromatic nitrogens is 1. The molecule has 0 saturated carbocycles. The summed E-state index contributed by atoms with van der Waals surface area (Å²) in [5.74, 6) is -0.300. The largest absolute Gasteiger partial charge is 0.494 e. The lowest BCUT2D eigenvalue weighted by atomic mass is 10.1. The Morgan fingerprint density at radius 1 is 1.35 bits per heavy atom. The van der Waals surface area contributed by atoms with Gasteiger partial charge in [0.15, 0.2) is 11.6 Å². The summed E-state index contributed by atoms with van der Waals surface area (Å²) in [4.78, 5) is 0. The fourth-order valence-corrected chi connectivity index (χ4v) is 1.78. The molecule has 0 aliphatic rings. The first kappa shape index (κ1) is 11.7. The van der Waals surface area contributed by atoms with Gasteiger partial charge >= 0.3 is 0 Å². The fraction of sp³-hybridized carbons (Fsp3) is 0.231. The molecule has 1 heterocycles. The van der Waals surface area contributed by atoms with Gasteiger partial charge in [-0.3, -0.25) is 0 Å². The predicted octanol–water partition coefficient (Wildman–Crippen LogP) is 2.25. The Morgan fingerprint density at radius 2 is 2.12 bits per heavy atom. The maximum atomic E-state index is 13.5. The number of aliphatic hydroxyl groups excluding tert-OH is 1. The van der Waals surface area contributed by atoms with Gasteiger partial charge in [0.05, 0.1) is 12.8 Å². The minimum atomic E-state index is -0.838. The van der Waals surface area contributed by atoms with Crippen molar-refractivity contribution in [1.82, 2.24) is 4.57 Å². The van der Waals surface area contributed by atoms with Crippen LogP contribution in [-0.4, -0.2) is 16.8 Å². The van der Waals surface area contributed by atoms with Crippen molar-refractivity contribution in [3.8, 4) is 5.75 Å². The first-order valence-electron chi connectivity index (χ1n) is 5.26. The summed E-state index contributed by atoms with van der Waals surface area (Å²) in [6, 6.07) is 8.08. The van der Waals surface area contributed by atoms with Crippen LogP contribution in [0.1, 0.15) is 17.4 Å². The zero-order valence-corrected chi connectivity index (χ0v) is 9.72. The molecule has 2 rings (SSSR count). The van der Waals surface area contributed by atoms with Gasteiger partial charge in [0, 0.05) is 13.2 Å². The maximum Gasteiger partial charge on any atom is 0.165 e. The quantitative estimate of drug-likeness (QED) is 0.885. The van der Waals surface area contributed by atoms with E-state index in [9.17, 15) is 9.50 Å². The average Bonchev–Trinajstić information content (AvgIpc) is 2.74. The second-order valence-electron chi connectivity index (χ2n) is 3.84. The van der Waals surface area contributed by atoms with E-state index in [4.69, 9.17) is 4.74 Å². The second-order valence-corrected chi connectivity index (χ2v) is 3.84. The minimum absolute atomic E-state index is 0.174. The fourth-order valence-electron chi connectivity index (χ4n) is 1.78. The van der Waals surface area contributed by atoms with Crippen LogP contribution < -0.4 is 4.74 Å². The van der Waals surface area contributed by atoms with Gasteiger partial charge in [-0.1, -0.05) is 6.07 Å². The van der Waals surface area contributed by atoms with Crippen LogP contribution in [0, 0.1) is 5.82 Å². The van der Waals surface area contributed by atoms with Gasteiger partial charge in [-0.05, 0) is 29.8 Å². The molecular formula is C13H14FNO2. The monoisotopic (exact) mass is 235 g/mol. The van der Waals surface area contributed by atoms with E-state index in [-0.39, 0.29) is 5.75 Å². The van der Waals surface area contributed by atoms with Crippen molar-refractivity contribution in [2.24, 2.45) is 7.05 Å². The van der Waals surface area contributed by atoms with Crippen molar-refractivity contribution in [3.05, 3.63) is 53.6 Å². The summed E-state index contributed by atoms with van der Waals surface area (Å²) >= 11 is 0. The highest BCUT2D eigenvalue weighted by Gasteiger charge is 2.15. The molecule has 4 heteroatoms. The maximum absolute atomic E-state index is 13.5. The van der Waals surface area contributed by atoms with Gasteiger partial charge < -0.3 is 14.4 Å². The number of methoxy groups -OCH3 is 1.